The number of nitrogens with zero attached hydrogens (tertiary/aromatic N) is 1. The number of ketones is 2. The molecule has 0 fully saturated rings. The van der Waals surface area contributed by atoms with Crippen LogP contribution in [0, 0.1) is 13.8 Å². The Morgan fingerprint density at radius 1 is 0.513 bits per heavy atom. The largest absolute Gasteiger partial charge is 0.493 e. The topological polar surface area (TPSA) is 99.2 Å². The SMILES string of the molecule is CC.CC.CCCCN(CCOc1ccc(CCC(=O)C(F)(F)F)cc1)CC(c1ccc(C)cc1)c1ccc(C)cc1.O=C(CCc1ccc(OCCS(=O)(=O)CCOC(c2ccccc2)c2ccccc2)cc1)C(F)(F)F. The first-order chi connectivity index (χ1) is 37.3. The van der Waals surface area contributed by atoms with E-state index < -0.39 is 46.6 Å². The molecular formula is C63H77F6NO7S. The van der Waals surface area contributed by atoms with Crippen LogP contribution in [0.5, 0.6) is 11.5 Å². The van der Waals surface area contributed by atoms with Gasteiger partial charge >= 0.3 is 12.4 Å². The Hall–Kier alpha value is -6.29. The third-order valence-corrected chi connectivity index (χ3v) is 13.8. The third-order valence-electron chi connectivity index (χ3n) is 12.2. The highest BCUT2D eigenvalue weighted by Gasteiger charge is 2.38. The Bertz CT molecular complexity index is 2620. The fourth-order valence-electron chi connectivity index (χ4n) is 7.85. The molecule has 0 atom stereocenters. The van der Waals surface area contributed by atoms with Gasteiger partial charge in [-0.15, -0.1) is 0 Å². The minimum absolute atomic E-state index is 0.0160. The monoisotopic (exact) mass is 1110 g/mol. The molecule has 424 valence electrons. The molecule has 0 N–H and O–H groups in total. The van der Waals surface area contributed by atoms with Gasteiger partial charge in [-0.05, 0) is 97.3 Å². The molecule has 0 saturated carbocycles. The zero-order valence-corrected chi connectivity index (χ0v) is 46.9. The standard InChI is InChI=1S/C32H38F3NO2.C27H27F3O5S.2C2H6/c1-4-5-20-36(21-22-38-29-17-10-26(11-18-29)12-19-31(37)32(33,34)35)23-30(27-13-6-24(2)7-14-27)28-15-8-25(3)9-16-28;28-27(29,30)25(31)16-13-21-11-14-24(15-12-21)34-17-19-36(32,33)20-18-35-26(22-7-3-1-4-8-22)23-9-5-2-6-10-23;2*1-2/h6-11,13-18,30H,4-5,12,19-23H2,1-3H3;1-12,14-15,26H,13,16-20H2;2*1-2H3. The van der Waals surface area contributed by atoms with Crippen molar-refractivity contribution in [2.75, 3.05) is 51.0 Å². The summed E-state index contributed by atoms with van der Waals surface area (Å²) in [6, 6.07) is 49.8. The van der Waals surface area contributed by atoms with Crippen molar-refractivity contribution in [3.05, 3.63) is 202 Å². The summed E-state index contributed by atoms with van der Waals surface area (Å²) in [5.41, 5.74) is 8.15. The van der Waals surface area contributed by atoms with E-state index in [1.165, 1.54) is 34.4 Å². The predicted octanol–water partition coefficient (Wildman–Crippen LogP) is 15.1. The molecule has 0 spiro atoms. The second-order valence-corrected chi connectivity index (χ2v) is 20.4. The first-order valence-electron chi connectivity index (χ1n) is 26.7. The van der Waals surface area contributed by atoms with Crippen LogP contribution in [-0.2, 0) is 37.0 Å². The van der Waals surface area contributed by atoms with Crippen LogP contribution in [0.1, 0.15) is 117 Å². The average molecular weight is 1110 g/mol. The first-order valence-corrected chi connectivity index (χ1v) is 28.5. The molecule has 0 aromatic heterocycles. The molecule has 0 radical (unpaired) electrons. The van der Waals surface area contributed by atoms with Gasteiger partial charge in [-0.2, -0.15) is 26.3 Å². The molecule has 0 amide bonds. The van der Waals surface area contributed by atoms with Crippen molar-refractivity contribution >= 4 is 21.4 Å². The Morgan fingerprint density at radius 3 is 1.31 bits per heavy atom. The Balaban J connectivity index is 0.000000386. The van der Waals surface area contributed by atoms with Gasteiger partial charge in [0.1, 0.15) is 30.8 Å². The second kappa shape index (κ2) is 34.6. The predicted molar refractivity (Wildman–Crippen MR) is 300 cm³/mol. The van der Waals surface area contributed by atoms with Crippen LogP contribution in [0.25, 0.3) is 0 Å². The lowest BCUT2D eigenvalue weighted by Gasteiger charge is -2.28. The van der Waals surface area contributed by atoms with Crippen molar-refractivity contribution < 1.29 is 58.6 Å². The highest BCUT2D eigenvalue weighted by atomic mass is 32.2. The zero-order chi connectivity index (χ0) is 57.6. The number of unbranched alkanes of at least 4 members (excludes halogenated alkanes) is 1. The van der Waals surface area contributed by atoms with Crippen LogP contribution in [0.3, 0.4) is 0 Å². The highest BCUT2D eigenvalue weighted by molar-refractivity contribution is 7.91. The smallest absolute Gasteiger partial charge is 0.449 e. The zero-order valence-electron chi connectivity index (χ0n) is 46.0. The molecule has 0 unspecified atom stereocenters. The van der Waals surface area contributed by atoms with Crippen LogP contribution in [-0.4, -0.2) is 88.2 Å². The minimum atomic E-state index is -4.83. The lowest BCUT2D eigenvalue weighted by atomic mass is 9.89. The summed E-state index contributed by atoms with van der Waals surface area (Å²) in [6.07, 6.45) is -8.94. The fourth-order valence-corrected chi connectivity index (χ4v) is 8.75. The molecule has 6 rings (SSSR count). The van der Waals surface area contributed by atoms with Gasteiger partial charge < -0.3 is 14.2 Å². The number of sulfone groups is 1. The lowest BCUT2D eigenvalue weighted by molar-refractivity contribution is -0.171. The van der Waals surface area contributed by atoms with Gasteiger partial charge in [0.25, 0.3) is 0 Å². The maximum Gasteiger partial charge on any atom is 0.449 e. The fraction of sp³-hybridized carbons (Fsp3) is 0.397. The quantitative estimate of drug-likeness (QED) is 0.0470. The van der Waals surface area contributed by atoms with Crippen molar-refractivity contribution in [2.24, 2.45) is 0 Å². The van der Waals surface area contributed by atoms with E-state index in [1.54, 1.807) is 36.4 Å². The molecule has 6 aromatic carbocycles. The van der Waals surface area contributed by atoms with E-state index in [-0.39, 0.29) is 49.6 Å². The number of rotatable bonds is 27. The molecule has 0 aliphatic heterocycles. The highest BCUT2D eigenvalue weighted by Crippen LogP contribution is 2.29. The number of hydrogen-bond donors (Lipinski definition) is 0. The first kappa shape index (κ1) is 66.0. The van der Waals surface area contributed by atoms with E-state index >= 15 is 0 Å². The maximum atomic E-state index is 12.5. The van der Waals surface area contributed by atoms with Gasteiger partial charge in [-0.25, -0.2) is 8.42 Å². The van der Waals surface area contributed by atoms with Crippen molar-refractivity contribution in [1.82, 2.24) is 4.90 Å². The number of benzene rings is 6. The van der Waals surface area contributed by atoms with Gasteiger partial charge in [-0.3, -0.25) is 14.5 Å². The summed E-state index contributed by atoms with van der Waals surface area (Å²) in [5.74, 6) is -2.54. The normalized spacial score (nSPS) is 11.4. The number of alkyl halides is 6. The maximum absolute atomic E-state index is 12.5. The summed E-state index contributed by atoms with van der Waals surface area (Å²) >= 11 is 0. The van der Waals surface area contributed by atoms with Crippen molar-refractivity contribution in [2.45, 2.75) is 111 Å². The van der Waals surface area contributed by atoms with Crippen LogP contribution in [0.4, 0.5) is 26.3 Å². The minimum Gasteiger partial charge on any atom is -0.493 e. The van der Waals surface area contributed by atoms with E-state index in [4.69, 9.17) is 14.2 Å². The molecule has 6 aromatic rings. The summed E-state index contributed by atoms with van der Waals surface area (Å²) in [7, 11) is -3.45. The van der Waals surface area contributed by atoms with E-state index in [0.717, 1.165) is 43.6 Å². The number of ether oxygens (including phenoxy) is 3. The summed E-state index contributed by atoms with van der Waals surface area (Å²) in [4.78, 5) is 24.5. The van der Waals surface area contributed by atoms with E-state index in [1.807, 2.05) is 88.4 Å². The number of halogens is 6. The molecule has 78 heavy (non-hydrogen) atoms. The number of carbonyl (C=O) groups is 2. The number of Topliss-reactive ketones (excluding diaryl/α,β-unsaturated/α-hetero) is 2. The summed E-state index contributed by atoms with van der Waals surface area (Å²) < 4.78 is 117. The van der Waals surface area contributed by atoms with Gasteiger partial charge in [0.15, 0.2) is 9.84 Å². The van der Waals surface area contributed by atoms with Crippen LogP contribution in [0.15, 0.2) is 158 Å². The summed E-state index contributed by atoms with van der Waals surface area (Å²) in [5, 5.41) is 0. The van der Waals surface area contributed by atoms with Crippen LogP contribution >= 0.6 is 0 Å². The van der Waals surface area contributed by atoms with Gasteiger partial charge in [0.05, 0.1) is 18.1 Å². The van der Waals surface area contributed by atoms with Crippen molar-refractivity contribution in [3.63, 3.8) is 0 Å². The van der Waals surface area contributed by atoms with E-state index in [9.17, 15) is 44.3 Å². The van der Waals surface area contributed by atoms with E-state index in [2.05, 4.69) is 74.2 Å². The molecule has 0 bridgehead atoms. The van der Waals surface area contributed by atoms with Crippen molar-refractivity contribution in [1.29, 1.82) is 0 Å². The molecule has 0 aliphatic rings. The van der Waals surface area contributed by atoms with E-state index in [0.29, 0.717) is 29.2 Å². The molecular weight excluding hydrogens is 1030 g/mol. The number of carbonyl (C=O) groups excluding carboxylic acids is 2. The van der Waals surface area contributed by atoms with Gasteiger partial charge in [0, 0.05) is 31.8 Å². The van der Waals surface area contributed by atoms with Crippen LogP contribution < -0.4 is 9.47 Å². The molecule has 0 saturated heterocycles. The van der Waals surface area contributed by atoms with Gasteiger partial charge in [0.2, 0.25) is 11.6 Å². The molecule has 8 nitrogen and oxygen atoms in total. The summed E-state index contributed by atoms with van der Waals surface area (Å²) in [6.45, 7) is 17.4. The molecule has 0 aliphatic carbocycles. The Morgan fingerprint density at radius 2 is 0.910 bits per heavy atom. The Kier molecular flexibility index (Phi) is 29.2. The Labute approximate surface area is 459 Å². The molecule has 0 heterocycles. The lowest BCUT2D eigenvalue weighted by Crippen LogP contribution is -2.33. The number of hydrogen-bond acceptors (Lipinski definition) is 8. The average Bonchev–Trinajstić information content (AvgIpc) is 3.43. The third kappa shape index (κ3) is 24.6. The number of aryl methyl sites for hydroxylation is 4. The second-order valence-electron chi connectivity index (χ2n) is 18.1. The van der Waals surface area contributed by atoms with Crippen LogP contribution in [0.2, 0.25) is 0 Å². The van der Waals surface area contributed by atoms with Crippen molar-refractivity contribution in [3.8, 4) is 11.5 Å². The van der Waals surface area contributed by atoms with Gasteiger partial charge in [-0.1, -0.05) is 186 Å². The molecule has 15 heteroatoms.